The van der Waals surface area contributed by atoms with Gasteiger partial charge in [0.1, 0.15) is 5.76 Å². The lowest BCUT2D eigenvalue weighted by molar-refractivity contribution is -0.140. The molecule has 1 fully saturated rings. The van der Waals surface area contributed by atoms with Crippen LogP contribution in [0, 0.1) is 0 Å². The van der Waals surface area contributed by atoms with Crippen LogP contribution in [0.5, 0.6) is 17.2 Å². The number of ether oxygens (including phenoxy) is 4. The first kappa shape index (κ1) is 26.0. The Kier molecular flexibility index (Phi) is 7.69. The molecule has 0 radical (unpaired) electrons. The van der Waals surface area contributed by atoms with Crippen LogP contribution in [0.3, 0.4) is 0 Å². The van der Waals surface area contributed by atoms with Crippen molar-refractivity contribution >= 4 is 28.2 Å². The molecule has 3 aromatic carbocycles. The molecule has 1 N–H and O–H groups in total. The molecule has 0 aliphatic carbocycles. The summed E-state index contributed by atoms with van der Waals surface area (Å²) in [6.45, 7) is 4.16. The predicted octanol–water partition coefficient (Wildman–Crippen LogP) is 4.71. The van der Waals surface area contributed by atoms with Gasteiger partial charge in [0.05, 0.1) is 45.7 Å². The van der Waals surface area contributed by atoms with Gasteiger partial charge in [-0.2, -0.15) is 0 Å². The molecule has 1 aliphatic rings. The summed E-state index contributed by atoms with van der Waals surface area (Å²) >= 11 is 0. The molecule has 8 heteroatoms. The number of ketones is 1. The Labute approximate surface area is 216 Å². The zero-order valence-electron chi connectivity index (χ0n) is 21.6. The number of rotatable bonds is 9. The monoisotopic (exact) mass is 505 g/mol. The van der Waals surface area contributed by atoms with Crippen LogP contribution >= 0.6 is 0 Å². The lowest BCUT2D eigenvalue weighted by atomic mass is 9.93. The number of aliphatic hydroxyl groups excluding tert-OH is 1. The van der Waals surface area contributed by atoms with Crippen molar-refractivity contribution in [1.82, 2.24) is 4.90 Å². The fourth-order valence-corrected chi connectivity index (χ4v) is 4.68. The number of carbonyl (C=O) groups is 2. The van der Waals surface area contributed by atoms with Crippen molar-refractivity contribution in [2.24, 2.45) is 0 Å². The number of likely N-dealkylation sites (tertiary alicyclic amines) is 1. The van der Waals surface area contributed by atoms with Crippen LogP contribution in [0.4, 0.5) is 0 Å². The van der Waals surface area contributed by atoms with E-state index in [0.717, 1.165) is 10.8 Å². The topological polar surface area (TPSA) is 94.5 Å². The second-order valence-electron chi connectivity index (χ2n) is 8.90. The van der Waals surface area contributed by atoms with Crippen LogP contribution in [-0.4, -0.2) is 62.3 Å². The van der Waals surface area contributed by atoms with Gasteiger partial charge in [-0.15, -0.1) is 0 Å². The molecule has 0 saturated carbocycles. The lowest BCUT2D eigenvalue weighted by Crippen LogP contribution is -2.33. The average Bonchev–Trinajstić information content (AvgIpc) is 3.16. The third kappa shape index (κ3) is 4.84. The van der Waals surface area contributed by atoms with Crippen molar-refractivity contribution in [2.45, 2.75) is 26.0 Å². The van der Waals surface area contributed by atoms with Gasteiger partial charge >= 0.3 is 0 Å². The van der Waals surface area contributed by atoms with Crippen LogP contribution in [0.15, 0.2) is 60.2 Å². The van der Waals surface area contributed by atoms with Gasteiger partial charge in [0.15, 0.2) is 11.5 Å². The summed E-state index contributed by atoms with van der Waals surface area (Å²) in [5, 5.41) is 13.2. The summed E-state index contributed by atoms with van der Waals surface area (Å²) in [5.41, 5.74) is 0.979. The molecule has 1 heterocycles. The summed E-state index contributed by atoms with van der Waals surface area (Å²) < 4.78 is 22.2. The standard InChI is InChI=1S/C29H31NO7/c1-17(2)37-14-13-30-25(19-15-22(34-3)28(36-5)23(16-19)35-4)24(27(32)29(30)33)26(31)21-12-8-10-18-9-6-7-11-20(18)21/h6-12,15-17,25,31H,13-14H2,1-5H3/b26-24+. The second-order valence-corrected chi connectivity index (χ2v) is 8.90. The van der Waals surface area contributed by atoms with E-state index in [1.54, 1.807) is 24.3 Å². The molecule has 0 bridgehead atoms. The van der Waals surface area contributed by atoms with Crippen LogP contribution in [0.2, 0.25) is 0 Å². The van der Waals surface area contributed by atoms with E-state index in [0.29, 0.717) is 28.4 Å². The van der Waals surface area contributed by atoms with Crippen molar-refractivity contribution in [3.63, 3.8) is 0 Å². The molecule has 37 heavy (non-hydrogen) atoms. The highest BCUT2D eigenvalue weighted by molar-refractivity contribution is 6.46. The third-order valence-corrected chi connectivity index (χ3v) is 6.37. The fourth-order valence-electron chi connectivity index (χ4n) is 4.68. The van der Waals surface area contributed by atoms with E-state index < -0.39 is 17.7 Å². The number of hydrogen-bond donors (Lipinski definition) is 1. The Morgan fingerprint density at radius 3 is 2.22 bits per heavy atom. The molecule has 1 unspecified atom stereocenters. The van der Waals surface area contributed by atoms with E-state index in [2.05, 4.69) is 0 Å². The number of amides is 1. The number of aliphatic hydroxyl groups is 1. The summed E-state index contributed by atoms with van der Waals surface area (Å²) in [5.74, 6) is -0.622. The SMILES string of the molecule is COc1cc(C2/C(=C(\O)c3cccc4ccccc34)C(=O)C(=O)N2CCOC(C)C)cc(OC)c1OC. The summed E-state index contributed by atoms with van der Waals surface area (Å²) in [6, 6.07) is 15.5. The maximum Gasteiger partial charge on any atom is 0.295 e. The molecular weight excluding hydrogens is 474 g/mol. The molecule has 3 aromatic rings. The first-order valence-electron chi connectivity index (χ1n) is 12.0. The minimum atomic E-state index is -0.900. The third-order valence-electron chi connectivity index (χ3n) is 6.37. The molecule has 1 atom stereocenters. The van der Waals surface area contributed by atoms with Crippen molar-refractivity contribution < 1.29 is 33.6 Å². The highest BCUT2D eigenvalue weighted by Gasteiger charge is 2.46. The van der Waals surface area contributed by atoms with E-state index in [4.69, 9.17) is 18.9 Å². The van der Waals surface area contributed by atoms with E-state index in [1.165, 1.54) is 26.2 Å². The second kappa shape index (κ2) is 10.9. The van der Waals surface area contributed by atoms with Crippen LogP contribution in [-0.2, 0) is 14.3 Å². The molecule has 1 amide bonds. The van der Waals surface area contributed by atoms with Crippen molar-refractivity contribution in [3.8, 4) is 17.2 Å². The minimum absolute atomic E-state index is 0.0137. The summed E-state index contributed by atoms with van der Waals surface area (Å²) in [6.07, 6.45) is -0.0490. The lowest BCUT2D eigenvalue weighted by Gasteiger charge is -2.27. The highest BCUT2D eigenvalue weighted by Crippen LogP contribution is 2.46. The maximum atomic E-state index is 13.4. The molecule has 4 rings (SSSR count). The summed E-state index contributed by atoms with van der Waals surface area (Å²) in [4.78, 5) is 28.2. The number of carbonyl (C=O) groups excluding carboxylic acids is 2. The van der Waals surface area contributed by atoms with Crippen molar-refractivity contribution in [1.29, 1.82) is 0 Å². The summed E-state index contributed by atoms with van der Waals surface area (Å²) in [7, 11) is 4.48. The van der Waals surface area contributed by atoms with E-state index >= 15 is 0 Å². The number of fused-ring (bicyclic) bond motifs is 1. The van der Waals surface area contributed by atoms with Crippen molar-refractivity contribution in [2.75, 3.05) is 34.5 Å². The maximum absolute atomic E-state index is 13.4. The van der Waals surface area contributed by atoms with Crippen molar-refractivity contribution in [3.05, 3.63) is 71.3 Å². The number of methoxy groups -OCH3 is 3. The zero-order valence-corrected chi connectivity index (χ0v) is 21.6. The number of benzene rings is 3. The Morgan fingerprint density at radius 1 is 0.946 bits per heavy atom. The zero-order chi connectivity index (χ0) is 26.7. The van der Waals surface area contributed by atoms with Gasteiger partial charge in [0, 0.05) is 12.1 Å². The minimum Gasteiger partial charge on any atom is -0.507 e. The van der Waals surface area contributed by atoms with Gasteiger partial charge in [-0.25, -0.2) is 0 Å². The van der Waals surface area contributed by atoms with Gasteiger partial charge in [-0.3, -0.25) is 9.59 Å². The number of nitrogens with zero attached hydrogens (tertiary/aromatic N) is 1. The largest absolute Gasteiger partial charge is 0.507 e. The Balaban J connectivity index is 1.95. The van der Waals surface area contributed by atoms with Crippen LogP contribution < -0.4 is 14.2 Å². The first-order valence-corrected chi connectivity index (χ1v) is 12.0. The highest BCUT2D eigenvalue weighted by atomic mass is 16.5. The van der Waals surface area contributed by atoms with Gasteiger partial charge in [-0.05, 0) is 42.3 Å². The quantitative estimate of drug-likeness (QED) is 0.256. The molecule has 8 nitrogen and oxygen atoms in total. The average molecular weight is 506 g/mol. The van der Waals surface area contributed by atoms with Gasteiger partial charge in [0.2, 0.25) is 5.75 Å². The van der Waals surface area contributed by atoms with Crippen LogP contribution in [0.1, 0.15) is 31.0 Å². The molecule has 0 spiro atoms. The predicted molar refractivity (Wildman–Crippen MR) is 140 cm³/mol. The molecule has 194 valence electrons. The Hall–Kier alpha value is -4.04. The normalized spacial score (nSPS) is 17.0. The van der Waals surface area contributed by atoms with Gasteiger partial charge < -0.3 is 29.0 Å². The molecule has 0 aromatic heterocycles. The Bertz CT molecular complexity index is 1330. The van der Waals surface area contributed by atoms with E-state index in [1.807, 2.05) is 44.2 Å². The number of Topliss-reactive ketones (excluding diaryl/α,β-unsaturated/α-hetero) is 1. The van der Waals surface area contributed by atoms with E-state index in [-0.39, 0.29) is 30.6 Å². The number of hydrogen-bond acceptors (Lipinski definition) is 7. The smallest absolute Gasteiger partial charge is 0.295 e. The van der Waals surface area contributed by atoms with Gasteiger partial charge in [0.25, 0.3) is 11.7 Å². The molecule has 1 aliphatic heterocycles. The molecule has 1 saturated heterocycles. The Morgan fingerprint density at radius 2 is 1.59 bits per heavy atom. The van der Waals surface area contributed by atoms with Crippen LogP contribution in [0.25, 0.3) is 16.5 Å². The van der Waals surface area contributed by atoms with E-state index in [9.17, 15) is 14.7 Å². The first-order chi connectivity index (χ1) is 17.8. The van der Waals surface area contributed by atoms with Gasteiger partial charge in [-0.1, -0.05) is 42.5 Å². The molecular formula is C29H31NO7. The fraction of sp³-hybridized carbons (Fsp3) is 0.310.